The maximum atomic E-state index is 5.97. The lowest BCUT2D eigenvalue weighted by Gasteiger charge is -2.18. The second-order valence-electron chi connectivity index (χ2n) is 4.38. The molecular formula is C15H19Cl2N3. The van der Waals surface area contributed by atoms with Crippen LogP contribution in [0.25, 0.3) is 0 Å². The summed E-state index contributed by atoms with van der Waals surface area (Å²) in [6, 6.07) is 11.9. The smallest absolute Gasteiger partial charge is 0.0626 e. The predicted octanol–water partition coefficient (Wildman–Crippen LogP) is 3.92. The Morgan fingerprint density at radius 1 is 1.25 bits per heavy atom. The first-order valence-electron chi connectivity index (χ1n) is 6.23. The monoisotopic (exact) mass is 311 g/mol. The molecule has 0 amide bonds. The molecule has 2 aliphatic carbocycles. The van der Waals surface area contributed by atoms with Crippen LogP contribution in [0, 0.1) is 0 Å². The summed E-state index contributed by atoms with van der Waals surface area (Å²) in [5, 5.41) is 1.01. The van der Waals surface area contributed by atoms with Crippen molar-refractivity contribution in [1.29, 1.82) is 0 Å². The Kier molecular flexibility index (Phi) is 6.96. The van der Waals surface area contributed by atoms with Crippen LogP contribution in [-0.4, -0.2) is 11.5 Å². The predicted molar refractivity (Wildman–Crippen MR) is 85.8 cm³/mol. The molecule has 2 aromatic rings. The fourth-order valence-corrected chi connectivity index (χ4v) is 2.50. The van der Waals surface area contributed by atoms with E-state index in [4.69, 9.17) is 28.9 Å². The summed E-state index contributed by atoms with van der Waals surface area (Å²) in [4.78, 5) is 4.09. The van der Waals surface area contributed by atoms with E-state index in [1.807, 2.05) is 36.4 Å². The molecule has 0 fully saturated rings. The van der Waals surface area contributed by atoms with E-state index in [1.165, 1.54) is 0 Å². The van der Waals surface area contributed by atoms with Crippen molar-refractivity contribution in [3.05, 3.63) is 64.4 Å². The first-order chi connectivity index (χ1) is 9.20. The molecule has 4 rings (SSSR count). The highest BCUT2D eigenvalue weighted by molar-refractivity contribution is 6.32. The standard InChI is InChI=1S/C8H6Cl2.C7H10N2.H3N/c9-7-4-6-2-1-5(7)3-8(6)10;8-5-4-7-3-1-2-6-9-7;/h1-3,7H,4H2;1-3,6H,4-5,8H2;1H3. The molecule has 1 atom stereocenters. The zero-order chi connectivity index (χ0) is 13.7. The van der Waals surface area contributed by atoms with E-state index in [9.17, 15) is 0 Å². The quantitative estimate of drug-likeness (QED) is 0.825. The highest BCUT2D eigenvalue weighted by Crippen LogP contribution is 2.35. The van der Waals surface area contributed by atoms with E-state index >= 15 is 0 Å². The number of nitrogens with zero attached hydrogens (tertiary/aromatic N) is 1. The molecule has 5 N–H and O–H groups in total. The minimum absolute atomic E-state index is 0. The Morgan fingerprint density at radius 3 is 2.45 bits per heavy atom. The minimum Gasteiger partial charge on any atom is -0.344 e. The van der Waals surface area contributed by atoms with Crippen LogP contribution in [0.15, 0.2) is 42.6 Å². The van der Waals surface area contributed by atoms with Gasteiger partial charge in [0.2, 0.25) is 0 Å². The van der Waals surface area contributed by atoms with Crippen molar-refractivity contribution in [3.63, 3.8) is 0 Å². The van der Waals surface area contributed by atoms with Gasteiger partial charge in [-0.15, -0.1) is 11.6 Å². The van der Waals surface area contributed by atoms with Gasteiger partial charge in [-0.3, -0.25) is 4.98 Å². The number of aromatic nitrogens is 1. The maximum Gasteiger partial charge on any atom is 0.0626 e. The number of hydrogen-bond acceptors (Lipinski definition) is 3. The molecule has 0 saturated carbocycles. The molecule has 0 spiro atoms. The Morgan fingerprint density at radius 2 is 2.05 bits per heavy atom. The topological polar surface area (TPSA) is 73.9 Å². The highest BCUT2D eigenvalue weighted by Gasteiger charge is 2.17. The molecule has 2 aliphatic rings. The zero-order valence-electron chi connectivity index (χ0n) is 11.2. The summed E-state index contributed by atoms with van der Waals surface area (Å²) >= 11 is 11.8. The van der Waals surface area contributed by atoms with Gasteiger partial charge in [-0.2, -0.15) is 0 Å². The van der Waals surface area contributed by atoms with Gasteiger partial charge in [-0.1, -0.05) is 29.8 Å². The number of halogens is 2. The SMILES string of the molecule is Clc1cc2ccc1CC2Cl.N.NCCc1ccccn1. The first kappa shape index (κ1) is 16.9. The highest BCUT2D eigenvalue weighted by atomic mass is 35.5. The van der Waals surface area contributed by atoms with Crippen molar-refractivity contribution in [2.75, 3.05) is 6.54 Å². The van der Waals surface area contributed by atoms with Gasteiger partial charge in [-0.25, -0.2) is 0 Å². The Labute approximate surface area is 129 Å². The molecule has 0 aliphatic heterocycles. The molecule has 1 heterocycles. The average Bonchev–Trinajstić information content (AvgIpc) is 2.43. The van der Waals surface area contributed by atoms with Crippen molar-refractivity contribution in [1.82, 2.24) is 11.1 Å². The van der Waals surface area contributed by atoms with Crippen molar-refractivity contribution in [2.45, 2.75) is 18.2 Å². The lowest BCUT2D eigenvalue weighted by Crippen LogP contribution is -2.03. The van der Waals surface area contributed by atoms with E-state index in [2.05, 4.69) is 4.98 Å². The third-order valence-corrected chi connectivity index (χ3v) is 3.72. The largest absolute Gasteiger partial charge is 0.344 e. The van der Waals surface area contributed by atoms with Gasteiger partial charge < -0.3 is 11.9 Å². The second kappa shape index (κ2) is 8.22. The molecular weight excluding hydrogens is 293 g/mol. The fourth-order valence-electron chi connectivity index (χ4n) is 1.93. The number of benzene rings is 1. The molecule has 1 unspecified atom stereocenters. The normalized spacial score (nSPS) is 15.1. The van der Waals surface area contributed by atoms with E-state index in [0.717, 1.165) is 34.7 Å². The lowest BCUT2D eigenvalue weighted by molar-refractivity contribution is 0.884. The van der Waals surface area contributed by atoms with Crippen LogP contribution in [0.3, 0.4) is 0 Å². The Bertz CT molecular complexity index is 532. The van der Waals surface area contributed by atoms with Gasteiger partial charge in [-0.05, 0) is 42.3 Å². The van der Waals surface area contributed by atoms with Gasteiger partial charge in [0.15, 0.2) is 0 Å². The number of pyridine rings is 1. The molecule has 1 aromatic heterocycles. The number of fused-ring (bicyclic) bond motifs is 3. The Hall–Kier alpha value is -1.13. The van der Waals surface area contributed by atoms with Gasteiger partial charge in [0.1, 0.15) is 0 Å². The van der Waals surface area contributed by atoms with E-state index in [-0.39, 0.29) is 11.5 Å². The van der Waals surface area contributed by atoms with Crippen molar-refractivity contribution < 1.29 is 0 Å². The number of nitrogens with two attached hydrogens (primary N) is 1. The molecule has 0 radical (unpaired) electrons. The summed E-state index contributed by atoms with van der Waals surface area (Å²) in [7, 11) is 0. The van der Waals surface area contributed by atoms with Crippen molar-refractivity contribution in [3.8, 4) is 0 Å². The number of alkyl halides is 1. The fraction of sp³-hybridized carbons (Fsp3) is 0.267. The van der Waals surface area contributed by atoms with Gasteiger partial charge >= 0.3 is 0 Å². The summed E-state index contributed by atoms with van der Waals surface area (Å²) in [6.07, 6.45) is 3.55. The second-order valence-corrected chi connectivity index (χ2v) is 5.32. The number of hydrogen-bond donors (Lipinski definition) is 2. The van der Waals surface area contributed by atoms with Crippen molar-refractivity contribution >= 4 is 23.2 Å². The minimum atomic E-state index is 0. The van der Waals surface area contributed by atoms with E-state index < -0.39 is 0 Å². The van der Waals surface area contributed by atoms with E-state index in [0.29, 0.717) is 6.54 Å². The third-order valence-electron chi connectivity index (χ3n) is 2.96. The van der Waals surface area contributed by atoms with Crippen LogP contribution in [-0.2, 0) is 12.8 Å². The van der Waals surface area contributed by atoms with Crippen LogP contribution in [0.2, 0.25) is 5.02 Å². The van der Waals surface area contributed by atoms with Crippen LogP contribution in [0.1, 0.15) is 22.2 Å². The third kappa shape index (κ3) is 4.46. The summed E-state index contributed by atoms with van der Waals surface area (Å²) in [5.41, 5.74) is 8.69. The molecule has 3 nitrogen and oxygen atoms in total. The Balaban J connectivity index is 0.000000192. The molecule has 5 heteroatoms. The van der Waals surface area contributed by atoms with Crippen molar-refractivity contribution in [2.24, 2.45) is 5.73 Å². The molecule has 1 aromatic carbocycles. The van der Waals surface area contributed by atoms with Crippen LogP contribution in [0.5, 0.6) is 0 Å². The van der Waals surface area contributed by atoms with Crippen LogP contribution in [0.4, 0.5) is 0 Å². The molecule has 2 bridgehead atoms. The van der Waals surface area contributed by atoms with E-state index in [1.54, 1.807) is 6.20 Å². The van der Waals surface area contributed by atoms with Gasteiger partial charge in [0.05, 0.1) is 5.38 Å². The maximum absolute atomic E-state index is 5.97. The van der Waals surface area contributed by atoms with Crippen LogP contribution >= 0.6 is 23.2 Å². The lowest BCUT2D eigenvalue weighted by atomic mass is 9.96. The van der Waals surface area contributed by atoms with Gasteiger partial charge in [0.25, 0.3) is 0 Å². The molecule has 0 saturated heterocycles. The summed E-state index contributed by atoms with van der Waals surface area (Å²) in [6.45, 7) is 0.678. The van der Waals surface area contributed by atoms with Crippen LogP contribution < -0.4 is 11.9 Å². The molecule has 108 valence electrons. The summed E-state index contributed by atoms with van der Waals surface area (Å²) in [5.74, 6) is 0. The molecule has 20 heavy (non-hydrogen) atoms. The number of rotatable bonds is 2. The zero-order valence-corrected chi connectivity index (χ0v) is 12.7. The first-order valence-corrected chi connectivity index (χ1v) is 7.04. The average molecular weight is 312 g/mol. The summed E-state index contributed by atoms with van der Waals surface area (Å²) < 4.78 is 0. The van der Waals surface area contributed by atoms with Gasteiger partial charge in [0, 0.05) is 23.3 Å².